The molecule has 10 heteroatoms. The van der Waals surface area contributed by atoms with Crippen molar-refractivity contribution in [1.29, 1.82) is 0 Å². The van der Waals surface area contributed by atoms with Crippen LogP contribution in [0.15, 0.2) is 60.9 Å². The average molecular weight is 515 g/mol. The van der Waals surface area contributed by atoms with Crippen LogP contribution in [0.1, 0.15) is 28.2 Å². The Labute approximate surface area is 220 Å². The molecule has 10 nitrogen and oxygen atoms in total. The van der Waals surface area contributed by atoms with Crippen molar-refractivity contribution in [3.8, 4) is 5.88 Å². The van der Waals surface area contributed by atoms with Gasteiger partial charge in [-0.05, 0) is 36.8 Å². The number of carbonyl (C=O) groups is 1. The topological polar surface area (TPSA) is 106 Å². The van der Waals surface area contributed by atoms with Crippen molar-refractivity contribution in [3.63, 3.8) is 0 Å². The predicted molar refractivity (Wildman–Crippen MR) is 141 cm³/mol. The lowest BCUT2D eigenvalue weighted by molar-refractivity contribution is -0.0592. The molecule has 0 radical (unpaired) electrons. The van der Waals surface area contributed by atoms with Gasteiger partial charge in [0.2, 0.25) is 5.88 Å². The minimum Gasteiger partial charge on any atom is -0.478 e. The molecular formula is C28H30N6O4. The maximum absolute atomic E-state index is 11.6. The zero-order valence-corrected chi connectivity index (χ0v) is 21.1. The van der Waals surface area contributed by atoms with E-state index in [4.69, 9.17) is 19.4 Å². The monoisotopic (exact) mass is 514 g/mol. The fourth-order valence-electron chi connectivity index (χ4n) is 4.90. The highest BCUT2D eigenvalue weighted by atomic mass is 16.5. The number of carboxylic acid groups (broad SMARTS) is 1. The summed E-state index contributed by atoms with van der Waals surface area (Å²) in [7, 11) is 0. The number of pyridine rings is 2. The lowest BCUT2D eigenvalue weighted by atomic mass is 10.1. The zero-order valence-electron chi connectivity index (χ0n) is 21.1. The molecule has 0 saturated carbocycles. The highest BCUT2D eigenvalue weighted by Gasteiger charge is 2.25. The van der Waals surface area contributed by atoms with Gasteiger partial charge in [-0.1, -0.05) is 12.1 Å². The Morgan fingerprint density at radius 3 is 2.68 bits per heavy atom. The van der Waals surface area contributed by atoms with Crippen molar-refractivity contribution in [2.24, 2.45) is 0 Å². The number of rotatable bonds is 9. The number of aromatic nitrogens is 4. The van der Waals surface area contributed by atoms with Crippen molar-refractivity contribution in [2.45, 2.75) is 32.2 Å². The third-order valence-electron chi connectivity index (χ3n) is 7.13. The fraction of sp³-hybridized carbons (Fsp3) is 0.357. The molecule has 0 bridgehead atoms. The molecule has 1 atom stereocenters. The Morgan fingerprint density at radius 1 is 1.08 bits per heavy atom. The molecule has 5 heterocycles. The second kappa shape index (κ2) is 10.8. The van der Waals surface area contributed by atoms with Crippen LogP contribution in [0.25, 0.3) is 11.0 Å². The van der Waals surface area contributed by atoms with Crippen LogP contribution in [0.5, 0.6) is 5.88 Å². The van der Waals surface area contributed by atoms with Gasteiger partial charge in [0.1, 0.15) is 18.2 Å². The molecule has 2 fully saturated rings. The standard InChI is InChI=1S/C28H30N6O4/c35-28(36)21-6-7-23-24(15-21)34(17-22-8-14-37-22)26(30-23)18-32-10-12-33(13-11-32)25-4-1-5-27(31-25)38-19-20-3-2-9-29-16-20/h1-7,9,15-16,22H,8,10-14,17-19H2,(H,35,36)/t22-/m0/s1. The number of carboxylic acids is 1. The summed E-state index contributed by atoms with van der Waals surface area (Å²) in [5, 5.41) is 9.48. The summed E-state index contributed by atoms with van der Waals surface area (Å²) in [4.78, 5) is 29.9. The van der Waals surface area contributed by atoms with Crippen LogP contribution >= 0.6 is 0 Å². The molecule has 0 unspecified atom stereocenters. The molecule has 4 aromatic rings. The first kappa shape index (κ1) is 24.3. The van der Waals surface area contributed by atoms with Gasteiger partial charge < -0.3 is 24.0 Å². The summed E-state index contributed by atoms with van der Waals surface area (Å²) in [6.45, 7) is 6.00. The zero-order chi connectivity index (χ0) is 25.9. The van der Waals surface area contributed by atoms with E-state index >= 15 is 0 Å². The smallest absolute Gasteiger partial charge is 0.335 e. The number of imidazole rings is 1. The molecule has 0 amide bonds. The molecule has 0 spiro atoms. The van der Waals surface area contributed by atoms with Crippen LogP contribution in [-0.4, -0.2) is 74.4 Å². The molecule has 2 saturated heterocycles. The van der Waals surface area contributed by atoms with Crippen LogP contribution in [0.2, 0.25) is 0 Å². The van der Waals surface area contributed by atoms with Gasteiger partial charge in [0, 0.05) is 56.8 Å². The van der Waals surface area contributed by atoms with E-state index in [2.05, 4.69) is 19.4 Å². The molecule has 3 aromatic heterocycles. The molecule has 6 rings (SSSR count). The van der Waals surface area contributed by atoms with E-state index in [-0.39, 0.29) is 11.7 Å². The summed E-state index contributed by atoms with van der Waals surface area (Å²) in [5.41, 5.74) is 2.94. The minimum absolute atomic E-state index is 0.148. The van der Waals surface area contributed by atoms with E-state index in [9.17, 15) is 9.90 Å². The predicted octanol–water partition coefficient (Wildman–Crippen LogP) is 3.21. The molecule has 1 aromatic carbocycles. The van der Waals surface area contributed by atoms with Crippen molar-refractivity contribution in [3.05, 3.63) is 77.9 Å². The van der Waals surface area contributed by atoms with Crippen LogP contribution in [-0.2, 0) is 24.4 Å². The van der Waals surface area contributed by atoms with E-state index in [0.29, 0.717) is 25.6 Å². The SMILES string of the molecule is O=C(O)c1ccc2nc(CN3CCN(c4cccc(OCc5cccnc5)n4)CC3)n(C[C@@H]3CCO3)c2c1. The fourth-order valence-corrected chi connectivity index (χ4v) is 4.90. The number of fused-ring (bicyclic) bond motifs is 1. The number of benzene rings is 1. The van der Waals surface area contributed by atoms with Crippen molar-refractivity contribution < 1.29 is 19.4 Å². The number of ether oxygens (including phenoxy) is 2. The van der Waals surface area contributed by atoms with E-state index in [1.165, 1.54) is 0 Å². The van der Waals surface area contributed by atoms with Gasteiger partial charge in [0.25, 0.3) is 0 Å². The summed E-state index contributed by atoms with van der Waals surface area (Å²) < 4.78 is 13.7. The van der Waals surface area contributed by atoms with E-state index in [1.807, 2.05) is 30.3 Å². The lowest BCUT2D eigenvalue weighted by Gasteiger charge is -2.35. The number of nitrogens with zero attached hydrogens (tertiary/aromatic N) is 6. The van der Waals surface area contributed by atoms with E-state index in [0.717, 1.165) is 67.4 Å². The first-order valence-electron chi connectivity index (χ1n) is 12.9. The first-order chi connectivity index (χ1) is 18.6. The molecular weight excluding hydrogens is 484 g/mol. The lowest BCUT2D eigenvalue weighted by Crippen LogP contribution is -2.46. The van der Waals surface area contributed by atoms with E-state index in [1.54, 1.807) is 30.6 Å². The maximum Gasteiger partial charge on any atom is 0.335 e. The van der Waals surface area contributed by atoms with Crippen molar-refractivity contribution >= 4 is 22.8 Å². The molecule has 0 aliphatic carbocycles. The number of hydrogen-bond acceptors (Lipinski definition) is 8. The highest BCUT2D eigenvalue weighted by Crippen LogP contribution is 2.24. The van der Waals surface area contributed by atoms with Crippen LogP contribution in [0.3, 0.4) is 0 Å². The quantitative estimate of drug-likeness (QED) is 0.360. The van der Waals surface area contributed by atoms with Crippen molar-refractivity contribution in [2.75, 3.05) is 37.7 Å². The Kier molecular flexibility index (Phi) is 6.89. The van der Waals surface area contributed by atoms with Gasteiger partial charge in [-0.2, -0.15) is 4.98 Å². The van der Waals surface area contributed by atoms with Crippen LogP contribution in [0, 0.1) is 0 Å². The van der Waals surface area contributed by atoms with Crippen LogP contribution in [0.4, 0.5) is 5.82 Å². The van der Waals surface area contributed by atoms with Crippen LogP contribution < -0.4 is 9.64 Å². The summed E-state index contributed by atoms with van der Waals surface area (Å²) in [6, 6.07) is 14.9. The third-order valence-corrected chi connectivity index (χ3v) is 7.13. The number of aromatic carboxylic acids is 1. The second-order valence-corrected chi connectivity index (χ2v) is 9.68. The van der Waals surface area contributed by atoms with E-state index < -0.39 is 5.97 Å². The summed E-state index contributed by atoms with van der Waals surface area (Å²) in [5.74, 6) is 1.51. The molecule has 1 N–H and O–H groups in total. The molecule has 2 aliphatic heterocycles. The second-order valence-electron chi connectivity index (χ2n) is 9.68. The Bertz CT molecular complexity index is 1410. The number of anilines is 1. The Morgan fingerprint density at radius 2 is 1.95 bits per heavy atom. The Balaban J connectivity index is 1.12. The average Bonchev–Trinajstić information content (AvgIpc) is 3.26. The van der Waals surface area contributed by atoms with Gasteiger partial charge in [-0.25, -0.2) is 9.78 Å². The molecule has 2 aliphatic rings. The van der Waals surface area contributed by atoms with Gasteiger partial charge in [0.05, 0.1) is 35.8 Å². The van der Waals surface area contributed by atoms with Gasteiger partial charge >= 0.3 is 5.97 Å². The Hall–Kier alpha value is -4.02. The third kappa shape index (κ3) is 5.32. The normalized spacial score (nSPS) is 17.9. The van der Waals surface area contributed by atoms with Crippen molar-refractivity contribution in [1.82, 2.24) is 24.4 Å². The maximum atomic E-state index is 11.6. The van der Waals surface area contributed by atoms with Gasteiger partial charge in [-0.3, -0.25) is 9.88 Å². The first-order valence-corrected chi connectivity index (χ1v) is 12.9. The molecule has 196 valence electrons. The number of hydrogen-bond donors (Lipinski definition) is 1. The minimum atomic E-state index is -0.933. The largest absolute Gasteiger partial charge is 0.478 e. The van der Waals surface area contributed by atoms with Gasteiger partial charge in [0.15, 0.2) is 0 Å². The summed E-state index contributed by atoms with van der Waals surface area (Å²) in [6.07, 6.45) is 4.70. The number of piperazine rings is 1. The summed E-state index contributed by atoms with van der Waals surface area (Å²) >= 11 is 0. The highest BCUT2D eigenvalue weighted by molar-refractivity contribution is 5.92. The molecule has 38 heavy (non-hydrogen) atoms. The van der Waals surface area contributed by atoms with Gasteiger partial charge in [-0.15, -0.1) is 0 Å².